The highest BCUT2D eigenvalue weighted by atomic mass is 19.4. The number of amides is 1. The van der Waals surface area contributed by atoms with E-state index in [9.17, 15) is 22.8 Å². The average molecular weight is 492 g/mol. The summed E-state index contributed by atoms with van der Waals surface area (Å²) in [5, 5.41) is 11.0. The van der Waals surface area contributed by atoms with Gasteiger partial charge in [0, 0.05) is 31.7 Å². The smallest absolute Gasteiger partial charge is 0.435 e. The molecule has 1 fully saturated rings. The minimum Gasteiger partial charge on any atom is -0.481 e. The van der Waals surface area contributed by atoms with Crippen LogP contribution in [0.15, 0.2) is 65.6 Å². The van der Waals surface area contributed by atoms with E-state index in [4.69, 9.17) is 10.8 Å². The van der Waals surface area contributed by atoms with Gasteiger partial charge in [-0.2, -0.15) is 13.2 Å². The minimum atomic E-state index is -4.73. The van der Waals surface area contributed by atoms with E-state index < -0.39 is 23.6 Å². The van der Waals surface area contributed by atoms with Crippen LogP contribution < -0.4 is 11.1 Å². The first-order valence-electron chi connectivity index (χ1n) is 10.8. The molecule has 4 N–H and O–H groups in total. The highest BCUT2D eigenvalue weighted by molar-refractivity contribution is 6.07. The molecule has 1 amide bonds. The van der Waals surface area contributed by atoms with Gasteiger partial charge in [-0.25, -0.2) is 9.98 Å². The van der Waals surface area contributed by atoms with Gasteiger partial charge in [0.2, 0.25) is 6.41 Å². The molecule has 11 heteroatoms. The highest BCUT2D eigenvalue weighted by Crippen LogP contribution is 2.32. The number of benzene rings is 1. The molecular weight excluding hydrogens is 463 g/mol. The Bertz CT molecular complexity index is 1030. The summed E-state index contributed by atoms with van der Waals surface area (Å²) in [7, 11) is 1.62. The van der Waals surface area contributed by atoms with Gasteiger partial charge in [-0.1, -0.05) is 25.1 Å². The lowest BCUT2D eigenvalue weighted by Crippen LogP contribution is -2.29. The number of allylic oxidation sites excluding steroid dienone is 1. The van der Waals surface area contributed by atoms with Crippen molar-refractivity contribution in [3.05, 3.63) is 66.1 Å². The van der Waals surface area contributed by atoms with Gasteiger partial charge in [0.25, 0.3) is 0 Å². The van der Waals surface area contributed by atoms with Crippen molar-refractivity contribution in [3.8, 4) is 0 Å². The van der Waals surface area contributed by atoms with Gasteiger partial charge in [-0.15, -0.1) is 0 Å². The number of hydrogen-bond donors (Lipinski definition) is 3. The largest absolute Gasteiger partial charge is 0.481 e. The average Bonchev–Trinajstić information content (AvgIpc) is 2.80. The third-order valence-electron chi connectivity index (χ3n) is 5.13. The number of aromatic nitrogens is 1. The number of hydrogen-bond acceptors (Lipinski definition) is 6. The summed E-state index contributed by atoms with van der Waals surface area (Å²) in [4.78, 5) is 29.6. The molecule has 35 heavy (non-hydrogen) atoms. The van der Waals surface area contributed by atoms with Crippen LogP contribution in [0.5, 0.6) is 0 Å². The SMILES string of the molecule is CC1CC(C(=O)O)C1.CN(C=O)Cc1ccc(NC(=C/N)/C(=N/c2ccccn2)C(F)(F)F)cc1. The van der Waals surface area contributed by atoms with Gasteiger partial charge in [0.15, 0.2) is 11.5 Å². The Labute approximate surface area is 201 Å². The lowest BCUT2D eigenvalue weighted by atomic mass is 9.76. The first-order chi connectivity index (χ1) is 16.5. The Balaban J connectivity index is 0.000000456. The molecule has 1 aromatic carbocycles. The lowest BCUT2D eigenvalue weighted by molar-refractivity contribution is -0.146. The van der Waals surface area contributed by atoms with E-state index in [0.717, 1.165) is 24.6 Å². The van der Waals surface area contributed by atoms with Crippen LogP contribution in [0.1, 0.15) is 25.3 Å². The van der Waals surface area contributed by atoms with Gasteiger partial charge in [-0.3, -0.25) is 9.59 Å². The van der Waals surface area contributed by atoms with E-state index in [0.29, 0.717) is 24.6 Å². The quantitative estimate of drug-likeness (QED) is 0.373. The third kappa shape index (κ3) is 8.76. The second-order valence-electron chi connectivity index (χ2n) is 8.18. The standard InChI is InChI=1S/C18H18F3N5O.C6H10O2/c1-26(12-27)11-13-5-7-14(8-6-13)24-15(10-22)17(18(19,20)21)25-16-4-2-3-9-23-16;1-4-2-5(3-4)6(7)8/h2-10,12,24H,11,22H2,1H3;4-5H,2-3H2,1H3,(H,7,8)/b15-10+,25-17-;. The van der Waals surface area contributed by atoms with Crippen LogP contribution in [0.4, 0.5) is 24.7 Å². The number of nitrogens with zero attached hydrogens (tertiary/aromatic N) is 3. The maximum Gasteiger partial charge on any atom is 0.435 e. The maximum atomic E-state index is 13.5. The summed E-state index contributed by atoms with van der Waals surface area (Å²) in [6.07, 6.45) is -0.122. The first kappa shape index (κ1) is 27.4. The molecule has 188 valence electrons. The summed E-state index contributed by atoms with van der Waals surface area (Å²) in [6, 6.07) is 11.0. The molecule has 3 rings (SSSR count). The number of halogens is 3. The van der Waals surface area contributed by atoms with Gasteiger partial charge in [-0.05, 0) is 48.6 Å². The zero-order chi connectivity index (χ0) is 26.0. The number of aliphatic imine (C=N–C) groups is 1. The summed E-state index contributed by atoms with van der Waals surface area (Å²) in [5.41, 5.74) is 5.05. The van der Waals surface area contributed by atoms with E-state index in [2.05, 4.69) is 22.2 Å². The van der Waals surface area contributed by atoms with Gasteiger partial charge < -0.3 is 21.1 Å². The first-order valence-corrected chi connectivity index (χ1v) is 10.8. The number of carboxylic acids is 1. The molecule has 1 aromatic heterocycles. The van der Waals surface area contributed by atoms with Crippen molar-refractivity contribution in [1.29, 1.82) is 0 Å². The van der Waals surface area contributed by atoms with E-state index in [1.54, 1.807) is 37.4 Å². The molecule has 1 saturated carbocycles. The van der Waals surface area contributed by atoms with Crippen molar-refractivity contribution in [2.75, 3.05) is 12.4 Å². The Morgan fingerprint density at radius 3 is 2.34 bits per heavy atom. The van der Waals surface area contributed by atoms with Crippen LogP contribution in [0.3, 0.4) is 0 Å². The number of carbonyl (C=O) groups is 2. The van der Waals surface area contributed by atoms with Crippen molar-refractivity contribution in [2.45, 2.75) is 32.5 Å². The molecule has 0 saturated heterocycles. The number of aliphatic carboxylic acids is 1. The number of nitrogens with two attached hydrogens (primary N) is 1. The third-order valence-corrected chi connectivity index (χ3v) is 5.13. The van der Waals surface area contributed by atoms with Crippen LogP contribution in [0, 0.1) is 11.8 Å². The van der Waals surface area contributed by atoms with Gasteiger partial charge in [0.1, 0.15) is 0 Å². The van der Waals surface area contributed by atoms with E-state index in [1.807, 2.05) is 0 Å². The number of carbonyl (C=O) groups excluding carboxylic acids is 1. The monoisotopic (exact) mass is 491 g/mol. The number of carboxylic acid groups (broad SMARTS) is 1. The molecule has 8 nitrogen and oxygen atoms in total. The fraction of sp³-hybridized carbons (Fsp3) is 0.333. The van der Waals surface area contributed by atoms with E-state index in [1.165, 1.54) is 23.2 Å². The van der Waals surface area contributed by atoms with Gasteiger partial charge >= 0.3 is 12.1 Å². The Kier molecular flexibility index (Phi) is 9.80. The second-order valence-corrected chi connectivity index (χ2v) is 8.18. The minimum absolute atomic E-state index is 0.0231. The van der Waals surface area contributed by atoms with E-state index in [-0.39, 0.29) is 11.7 Å². The molecule has 1 aliphatic carbocycles. The number of pyridine rings is 1. The fourth-order valence-electron chi connectivity index (χ4n) is 3.27. The fourth-order valence-corrected chi connectivity index (χ4v) is 3.27. The van der Waals surface area contributed by atoms with Crippen molar-refractivity contribution < 1.29 is 27.9 Å². The topological polar surface area (TPSA) is 121 Å². The highest BCUT2D eigenvalue weighted by Gasteiger charge is 2.38. The number of alkyl halides is 3. The molecule has 2 aromatic rings. The lowest BCUT2D eigenvalue weighted by Gasteiger charge is -2.28. The second kappa shape index (κ2) is 12.5. The Morgan fingerprint density at radius 2 is 1.91 bits per heavy atom. The Hall–Kier alpha value is -3.89. The number of anilines is 1. The van der Waals surface area contributed by atoms with Crippen LogP contribution in [0.25, 0.3) is 0 Å². The molecule has 0 aliphatic heterocycles. The van der Waals surface area contributed by atoms with Crippen molar-refractivity contribution in [2.24, 2.45) is 22.6 Å². The molecule has 1 heterocycles. The van der Waals surface area contributed by atoms with Crippen molar-refractivity contribution in [3.63, 3.8) is 0 Å². The zero-order valence-electron chi connectivity index (χ0n) is 19.4. The Morgan fingerprint density at radius 1 is 1.26 bits per heavy atom. The number of nitrogens with one attached hydrogen (secondary N) is 1. The van der Waals surface area contributed by atoms with Gasteiger partial charge in [0.05, 0.1) is 11.6 Å². The molecule has 0 radical (unpaired) electrons. The van der Waals surface area contributed by atoms with Crippen LogP contribution >= 0.6 is 0 Å². The predicted octanol–water partition coefficient (Wildman–Crippen LogP) is 4.33. The summed E-state index contributed by atoms with van der Waals surface area (Å²) >= 11 is 0. The van der Waals surface area contributed by atoms with Crippen molar-refractivity contribution >= 4 is 29.6 Å². The molecule has 0 bridgehead atoms. The molecule has 0 spiro atoms. The normalized spacial score (nSPS) is 18.0. The summed E-state index contributed by atoms with van der Waals surface area (Å²) < 4.78 is 40.4. The molecular formula is C24H28F3N5O3. The van der Waals surface area contributed by atoms with Crippen LogP contribution in [-0.2, 0) is 16.1 Å². The van der Waals surface area contributed by atoms with Crippen molar-refractivity contribution in [1.82, 2.24) is 9.88 Å². The zero-order valence-corrected chi connectivity index (χ0v) is 19.4. The number of rotatable bonds is 8. The van der Waals surface area contributed by atoms with E-state index >= 15 is 0 Å². The van der Waals surface area contributed by atoms with Crippen LogP contribution in [-0.4, -0.2) is 46.3 Å². The molecule has 0 unspecified atom stereocenters. The predicted molar refractivity (Wildman–Crippen MR) is 127 cm³/mol. The summed E-state index contributed by atoms with van der Waals surface area (Å²) in [5.74, 6) is -0.0811. The van der Waals surface area contributed by atoms with Crippen LogP contribution in [0.2, 0.25) is 0 Å². The molecule has 1 aliphatic rings. The summed E-state index contributed by atoms with van der Waals surface area (Å²) in [6.45, 7) is 2.47. The molecule has 0 atom stereocenters. The maximum absolute atomic E-state index is 13.5.